The summed E-state index contributed by atoms with van der Waals surface area (Å²) >= 11 is 6.21. The first-order chi connectivity index (χ1) is 11.7. The molecule has 2 rings (SSSR count). The molecule has 0 radical (unpaired) electrons. The second-order valence-corrected chi connectivity index (χ2v) is 7.08. The van der Waals surface area contributed by atoms with E-state index in [2.05, 4.69) is 22.5 Å². The SMILES string of the molecule is CCNC(=NCc1ccccc1Cl)NCC1(CCO)CCCCC1.I. The predicted octanol–water partition coefficient (Wildman–Crippen LogP) is 4.35. The number of halogens is 2. The van der Waals surface area contributed by atoms with Crippen LogP contribution in [0.2, 0.25) is 5.02 Å². The third-order valence-corrected chi connectivity index (χ3v) is 5.27. The van der Waals surface area contributed by atoms with E-state index in [4.69, 9.17) is 11.6 Å². The normalized spacial score (nSPS) is 16.8. The Bertz CT molecular complexity index is 528. The van der Waals surface area contributed by atoms with Gasteiger partial charge >= 0.3 is 0 Å². The molecule has 1 aromatic rings. The van der Waals surface area contributed by atoms with Gasteiger partial charge in [-0.05, 0) is 43.2 Å². The molecular formula is C19H31ClIN3O. The lowest BCUT2D eigenvalue weighted by molar-refractivity contribution is 0.131. The monoisotopic (exact) mass is 479 g/mol. The molecule has 0 saturated heterocycles. The summed E-state index contributed by atoms with van der Waals surface area (Å²) in [5, 5.41) is 17.0. The summed E-state index contributed by atoms with van der Waals surface area (Å²) in [4.78, 5) is 4.67. The van der Waals surface area contributed by atoms with E-state index in [0.29, 0.717) is 6.54 Å². The van der Waals surface area contributed by atoms with Gasteiger partial charge < -0.3 is 15.7 Å². The van der Waals surface area contributed by atoms with Crippen molar-refractivity contribution in [2.24, 2.45) is 10.4 Å². The first-order valence-electron chi connectivity index (χ1n) is 9.05. The maximum absolute atomic E-state index is 9.45. The Hall–Kier alpha value is -0.530. The molecule has 1 aliphatic carbocycles. The molecule has 0 bridgehead atoms. The molecule has 0 aliphatic heterocycles. The molecule has 0 aromatic heterocycles. The van der Waals surface area contributed by atoms with Crippen LogP contribution < -0.4 is 10.6 Å². The van der Waals surface area contributed by atoms with Gasteiger partial charge in [-0.15, -0.1) is 24.0 Å². The van der Waals surface area contributed by atoms with Crippen molar-refractivity contribution < 1.29 is 5.11 Å². The maximum Gasteiger partial charge on any atom is 0.191 e. The van der Waals surface area contributed by atoms with Crippen LogP contribution in [0.1, 0.15) is 51.0 Å². The highest BCUT2D eigenvalue weighted by Gasteiger charge is 2.31. The van der Waals surface area contributed by atoms with Crippen LogP contribution in [0, 0.1) is 5.41 Å². The molecule has 0 atom stereocenters. The first kappa shape index (κ1) is 22.5. The summed E-state index contributed by atoms with van der Waals surface area (Å²) in [6, 6.07) is 7.81. The van der Waals surface area contributed by atoms with Crippen LogP contribution in [0.15, 0.2) is 29.3 Å². The molecule has 1 aliphatic rings. The van der Waals surface area contributed by atoms with E-state index in [1.54, 1.807) is 0 Å². The van der Waals surface area contributed by atoms with E-state index in [0.717, 1.165) is 36.1 Å². The largest absolute Gasteiger partial charge is 0.396 e. The molecule has 1 aromatic carbocycles. The van der Waals surface area contributed by atoms with E-state index in [1.165, 1.54) is 32.1 Å². The number of hydrogen-bond acceptors (Lipinski definition) is 2. The van der Waals surface area contributed by atoms with Crippen LogP contribution in [-0.2, 0) is 6.54 Å². The molecule has 1 fully saturated rings. The Labute approximate surface area is 173 Å². The summed E-state index contributed by atoms with van der Waals surface area (Å²) in [7, 11) is 0. The Morgan fingerprint density at radius 2 is 1.92 bits per heavy atom. The van der Waals surface area contributed by atoms with Crippen molar-refractivity contribution in [2.75, 3.05) is 19.7 Å². The molecule has 0 heterocycles. The van der Waals surface area contributed by atoms with Crippen molar-refractivity contribution in [2.45, 2.75) is 52.0 Å². The molecule has 0 amide bonds. The van der Waals surface area contributed by atoms with Crippen LogP contribution in [0.25, 0.3) is 0 Å². The number of hydrogen-bond donors (Lipinski definition) is 3. The molecule has 4 nitrogen and oxygen atoms in total. The van der Waals surface area contributed by atoms with E-state index >= 15 is 0 Å². The smallest absolute Gasteiger partial charge is 0.191 e. The van der Waals surface area contributed by atoms with Gasteiger partial charge in [-0.1, -0.05) is 49.1 Å². The minimum Gasteiger partial charge on any atom is -0.396 e. The lowest BCUT2D eigenvalue weighted by atomic mass is 9.72. The van der Waals surface area contributed by atoms with Gasteiger partial charge in [-0.2, -0.15) is 0 Å². The van der Waals surface area contributed by atoms with Crippen molar-refractivity contribution in [3.05, 3.63) is 34.9 Å². The zero-order valence-corrected chi connectivity index (χ0v) is 18.1. The molecule has 1 saturated carbocycles. The van der Waals surface area contributed by atoms with Crippen LogP contribution >= 0.6 is 35.6 Å². The van der Waals surface area contributed by atoms with Gasteiger partial charge in [-0.25, -0.2) is 4.99 Å². The third-order valence-electron chi connectivity index (χ3n) is 4.90. The molecule has 25 heavy (non-hydrogen) atoms. The Morgan fingerprint density at radius 3 is 2.56 bits per heavy atom. The van der Waals surface area contributed by atoms with Crippen molar-refractivity contribution >= 4 is 41.5 Å². The molecule has 0 unspecified atom stereocenters. The molecular weight excluding hydrogens is 449 g/mol. The third kappa shape index (κ3) is 7.31. The average Bonchev–Trinajstić information content (AvgIpc) is 2.60. The molecule has 3 N–H and O–H groups in total. The Morgan fingerprint density at radius 1 is 1.20 bits per heavy atom. The number of guanidine groups is 1. The summed E-state index contributed by atoms with van der Waals surface area (Å²) in [6.07, 6.45) is 7.07. The van der Waals surface area contributed by atoms with E-state index in [-0.39, 0.29) is 36.0 Å². The van der Waals surface area contributed by atoms with Gasteiger partial charge in [0.25, 0.3) is 0 Å². The standard InChI is InChI=1S/C19H30ClN3O.HI/c1-2-21-18(22-14-16-8-4-5-9-17(16)20)23-15-19(12-13-24)10-6-3-7-11-19;/h4-5,8-9,24H,2-3,6-7,10-15H2,1H3,(H2,21,22,23);1H. The van der Waals surface area contributed by atoms with Crippen molar-refractivity contribution in [3.8, 4) is 0 Å². The minimum atomic E-state index is 0. The fraction of sp³-hybridized carbons (Fsp3) is 0.632. The number of benzene rings is 1. The number of nitrogens with zero attached hydrogens (tertiary/aromatic N) is 1. The van der Waals surface area contributed by atoms with Crippen LogP contribution in [0.5, 0.6) is 0 Å². The van der Waals surface area contributed by atoms with Crippen molar-refractivity contribution in [1.82, 2.24) is 10.6 Å². The molecule has 6 heteroatoms. The van der Waals surface area contributed by atoms with Crippen LogP contribution in [0.4, 0.5) is 0 Å². The Balaban J connectivity index is 0.00000312. The number of rotatable bonds is 7. The summed E-state index contributed by atoms with van der Waals surface area (Å²) < 4.78 is 0. The van der Waals surface area contributed by atoms with Gasteiger partial charge in [0.2, 0.25) is 0 Å². The quantitative estimate of drug-likeness (QED) is 0.310. The first-order valence-corrected chi connectivity index (χ1v) is 9.43. The fourth-order valence-corrected chi connectivity index (χ4v) is 3.65. The van der Waals surface area contributed by atoms with Crippen LogP contribution in [-0.4, -0.2) is 30.8 Å². The van der Waals surface area contributed by atoms with Crippen LogP contribution in [0.3, 0.4) is 0 Å². The highest BCUT2D eigenvalue weighted by atomic mass is 127. The van der Waals surface area contributed by atoms with Gasteiger partial charge in [-0.3, -0.25) is 0 Å². The topological polar surface area (TPSA) is 56.7 Å². The average molecular weight is 480 g/mol. The highest BCUT2D eigenvalue weighted by molar-refractivity contribution is 14.0. The molecule has 0 spiro atoms. The second kappa shape index (κ2) is 12.0. The number of nitrogens with one attached hydrogen (secondary N) is 2. The van der Waals surface area contributed by atoms with Gasteiger partial charge in [0.15, 0.2) is 5.96 Å². The zero-order chi connectivity index (χ0) is 17.3. The predicted molar refractivity (Wildman–Crippen MR) is 117 cm³/mol. The van der Waals surface area contributed by atoms with Crippen molar-refractivity contribution in [1.29, 1.82) is 0 Å². The van der Waals surface area contributed by atoms with Gasteiger partial charge in [0, 0.05) is 24.7 Å². The van der Waals surface area contributed by atoms with E-state index < -0.39 is 0 Å². The fourth-order valence-electron chi connectivity index (χ4n) is 3.46. The second-order valence-electron chi connectivity index (χ2n) is 6.67. The van der Waals surface area contributed by atoms with E-state index in [9.17, 15) is 5.11 Å². The molecule has 142 valence electrons. The van der Waals surface area contributed by atoms with E-state index in [1.807, 2.05) is 24.3 Å². The zero-order valence-electron chi connectivity index (χ0n) is 15.1. The van der Waals surface area contributed by atoms with Gasteiger partial charge in [0.1, 0.15) is 0 Å². The summed E-state index contributed by atoms with van der Waals surface area (Å²) in [5.74, 6) is 0.820. The lowest BCUT2D eigenvalue weighted by Gasteiger charge is -2.37. The maximum atomic E-state index is 9.45. The number of aliphatic hydroxyl groups is 1. The summed E-state index contributed by atoms with van der Waals surface area (Å²) in [6.45, 7) is 4.57. The number of aliphatic hydroxyl groups excluding tert-OH is 1. The highest BCUT2D eigenvalue weighted by Crippen LogP contribution is 2.38. The Kier molecular flexibility index (Phi) is 10.8. The number of aliphatic imine (C=N–C) groups is 1. The summed E-state index contributed by atoms with van der Waals surface area (Å²) in [5.41, 5.74) is 1.23. The minimum absolute atomic E-state index is 0. The van der Waals surface area contributed by atoms with Crippen molar-refractivity contribution in [3.63, 3.8) is 0 Å². The van der Waals surface area contributed by atoms with Gasteiger partial charge in [0.05, 0.1) is 6.54 Å². The lowest BCUT2D eigenvalue weighted by Crippen LogP contribution is -2.44.